The largest absolute Gasteiger partial charge is 0.317 e. The molecule has 1 aromatic carbocycles. The molecule has 8 nitrogen and oxygen atoms in total. The lowest BCUT2D eigenvalue weighted by Gasteiger charge is -2.35. The first-order chi connectivity index (χ1) is 14.6. The van der Waals surface area contributed by atoms with Crippen LogP contribution in [0.1, 0.15) is 31.9 Å². The zero-order valence-electron chi connectivity index (χ0n) is 16.9. The van der Waals surface area contributed by atoms with Crippen molar-refractivity contribution in [2.75, 3.05) is 0 Å². The summed E-state index contributed by atoms with van der Waals surface area (Å²) in [6.07, 6.45) is 5.61. The van der Waals surface area contributed by atoms with Gasteiger partial charge in [0.1, 0.15) is 5.57 Å². The molecular formula is C21H23ClN4O4S. The molecule has 0 spiro atoms. The van der Waals surface area contributed by atoms with Crippen molar-refractivity contribution in [1.29, 1.82) is 0 Å². The van der Waals surface area contributed by atoms with Gasteiger partial charge in [-0.1, -0.05) is 6.92 Å². The number of benzene rings is 1. The topological polar surface area (TPSA) is 114 Å². The lowest BCUT2D eigenvalue weighted by Crippen LogP contribution is -2.47. The summed E-state index contributed by atoms with van der Waals surface area (Å²) in [5.41, 5.74) is 4.00. The van der Waals surface area contributed by atoms with Crippen molar-refractivity contribution < 1.29 is 18.0 Å². The van der Waals surface area contributed by atoms with Crippen LogP contribution in [0, 0.1) is 5.92 Å². The molecule has 3 unspecified atom stereocenters. The van der Waals surface area contributed by atoms with E-state index in [0.717, 1.165) is 12.8 Å². The fraction of sp³-hybridized carbons (Fsp3) is 0.333. The first-order valence-corrected chi connectivity index (χ1v) is 11.9. The van der Waals surface area contributed by atoms with E-state index in [1.54, 1.807) is 35.0 Å². The minimum atomic E-state index is -3.79. The van der Waals surface area contributed by atoms with E-state index in [-0.39, 0.29) is 27.8 Å². The van der Waals surface area contributed by atoms with E-state index in [9.17, 15) is 18.0 Å². The Morgan fingerprint density at radius 3 is 2.52 bits per heavy atom. The second-order valence-electron chi connectivity index (χ2n) is 7.98. The molecule has 2 aliphatic rings. The molecule has 0 radical (unpaired) electrons. The van der Waals surface area contributed by atoms with Crippen molar-refractivity contribution >= 4 is 39.5 Å². The molecule has 1 aliphatic heterocycles. The summed E-state index contributed by atoms with van der Waals surface area (Å²) in [7, 11) is -3.79. The van der Waals surface area contributed by atoms with Crippen LogP contribution >= 0.6 is 11.6 Å². The number of nitrogens with one attached hydrogen (secondary N) is 1. The predicted molar refractivity (Wildman–Crippen MR) is 117 cm³/mol. The molecule has 4 rings (SSSR count). The third-order valence-corrected chi connectivity index (χ3v) is 7.40. The summed E-state index contributed by atoms with van der Waals surface area (Å²) in [6, 6.07) is 9.44. The number of sulfonamides is 1. The van der Waals surface area contributed by atoms with Crippen LogP contribution in [0.2, 0.25) is 0 Å². The van der Waals surface area contributed by atoms with Crippen molar-refractivity contribution in [3.8, 4) is 5.69 Å². The quantitative estimate of drug-likeness (QED) is 0.411. The molecule has 3 atom stereocenters. The molecule has 3 N–H and O–H groups in total. The van der Waals surface area contributed by atoms with Crippen LogP contribution in [0.3, 0.4) is 0 Å². The maximum absolute atomic E-state index is 13.0. The predicted octanol–water partition coefficient (Wildman–Crippen LogP) is 2.18. The number of hydrogen-bond acceptors (Lipinski definition) is 4. The highest BCUT2D eigenvalue weighted by Gasteiger charge is 2.40. The summed E-state index contributed by atoms with van der Waals surface area (Å²) in [5.74, 6) is -0.442. The van der Waals surface area contributed by atoms with Crippen LogP contribution in [0.25, 0.3) is 11.8 Å². The zero-order chi connectivity index (χ0) is 22.3. The van der Waals surface area contributed by atoms with E-state index >= 15 is 0 Å². The monoisotopic (exact) mass is 462 g/mol. The van der Waals surface area contributed by atoms with Crippen molar-refractivity contribution in [1.82, 2.24) is 15.0 Å². The van der Waals surface area contributed by atoms with Gasteiger partial charge in [0.15, 0.2) is 0 Å². The van der Waals surface area contributed by atoms with Crippen LogP contribution in [0.15, 0.2) is 53.1 Å². The second-order valence-corrected chi connectivity index (χ2v) is 10.1. The minimum Gasteiger partial charge on any atom is -0.317 e. The Labute approximate surface area is 185 Å². The van der Waals surface area contributed by atoms with Gasteiger partial charge in [0, 0.05) is 23.0 Å². The van der Waals surface area contributed by atoms with E-state index in [0.29, 0.717) is 23.7 Å². The smallest absolute Gasteiger partial charge is 0.278 e. The molecule has 2 heterocycles. The lowest BCUT2D eigenvalue weighted by atomic mass is 9.86. The Morgan fingerprint density at radius 1 is 1.16 bits per heavy atom. The van der Waals surface area contributed by atoms with Crippen molar-refractivity contribution in [3.63, 3.8) is 0 Å². The number of hydrogen-bond donors (Lipinski definition) is 2. The number of nitrogens with two attached hydrogens (primary N) is 1. The maximum atomic E-state index is 13.0. The number of rotatable bonds is 4. The molecule has 2 fully saturated rings. The summed E-state index contributed by atoms with van der Waals surface area (Å²) >= 11 is 6.39. The summed E-state index contributed by atoms with van der Waals surface area (Å²) in [5, 5.41) is 6.52. The minimum absolute atomic E-state index is 0.00342. The van der Waals surface area contributed by atoms with Gasteiger partial charge < -0.3 is 4.57 Å². The van der Waals surface area contributed by atoms with Gasteiger partial charge in [0.05, 0.1) is 10.9 Å². The first kappa shape index (κ1) is 21.6. The van der Waals surface area contributed by atoms with E-state index in [1.807, 2.05) is 0 Å². The molecule has 31 heavy (non-hydrogen) atoms. The maximum Gasteiger partial charge on any atom is 0.278 e. The molecule has 0 bridgehead atoms. The molecular weight excluding hydrogens is 440 g/mol. The highest BCUT2D eigenvalue weighted by molar-refractivity contribution is 7.89. The van der Waals surface area contributed by atoms with E-state index in [4.69, 9.17) is 16.7 Å². The molecule has 2 amide bonds. The van der Waals surface area contributed by atoms with Crippen LogP contribution in [0.4, 0.5) is 0 Å². The molecule has 1 saturated carbocycles. The van der Waals surface area contributed by atoms with E-state index < -0.39 is 15.9 Å². The van der Waals surface area contributed by atoms with Crippen molar-refractivity contribution in [2.24, 2.45) is 11.1 Å². The van der Waals surface area contributed by atoms with Gasteiger partial charge >= 0.3 is 0 Å². The number of hydrazine groups is 1. The average Bonchev–Trinajstić information content (AvgIpc) is 3.29. The molecule has 1 aromatic heterocycles. The number of aromatic nitrogens is 1. The van der Waals surface area contributed by atoms with Gasteiger partial charge in [-0.05, 0) is 67.7 Å². The lowest BCUT2D eigenvalue weighted by molar-refractivity contribution is -0.131. The van der Waals surface area contributed by atoms with Gasteiger partial charge in [-0.2, -0.15) is 0 Å². The summed E-state index contributed by atoms with van der Waals surface area (Å²) < 4.78 is 24.7. The fourth-order valence-corrected chi connectivity index (χ4v) is 4.85. The zero-order valence-corrected chi connectivity index (χ0v) is 18.4. The third kappa shape index (κ3) is 4.26. The SMILES string of the molecule is CC1CCC(N2NC(=O)/C(=C\c3cccn3-c3ccc(S(N)(=O)=O)cc3)C2=O)CC1Cl. The highest BCUT2D eigenvalue weighted by atomic mass is 35.5. The number of nitrogens with zero attached hydrogens (tertiary/aromatic N) is 2. The van der Waals surface area contributed by atoms with Crippen molar-refractivity contribution in [3.05, 3.63) is 53.9 Å². The fourth-order valence-electron chi connectivity index (χ4n) is 4.00. The van der Waals surface area contributed by atoms with Gasteiger partial charge in [0.2, 0.25) is 10.0 Å². The molecule has 1 saturated heterocycles. The molecule has 1 aliphatic carbocycles. The molecule has 2 aromatic rings. The van der Waals surface area contributed by atoms with Crippen LogP contribution < -0.4 is 10.6 Å². The van der Waals surface area contributed by atoms with Gasteiger partial charge in [-0.15, -0.1) is 11.6 Å². The van der Waals surface area contributed by atoms with Crippen LogP contribution in [0.5, 0.6) is 0 Å². The molecule has 164 valence electrons. The standard InChI is InChI=1S/C21H23ClN4O4S/c1-13-4-5-16(12-19(13)22)26-21(28)18(20(27)24-26)11-15-3-2-10-25(15)14-6-8-17(9-7-14)31(23,29)30/h2-3,6-11,13,16,19H,4-5,12H2,1H3,(H,24,27)(H2,23,29,30)/b18-11+. The van der Waals surface area contributed by atoms with Crippen molar-refractivity contribution in [2.45, 2.75) is 42.5 Å². The number of halogens is 1. The molecule has 10 heteroatoms. The van der Waals surface area contributed by atoms with Crippen LogP contribution in [-0.2, 0) is 19.6 Å². The number of amides is 2. The third-order valence-electron chi connectivity index (χ3n) is 5.87. The number of carbonyl (C=O) groups excluding carboxylic acids is 2. The van der Waals surface area contributed by atoms with Crippen LogP contribution in [-0.4, -0.2) is 41.2 Å². The van der Waals surface area contributed by atoms with Gasteiger partial charge in [0.25, 0.3) is 11.8 Å². The van der Waals surface area contributed by atoms with Gasteiger partial charge in [-0.3, -0.25) is 15.0 Å². The Bertz CT molecular complexity index is 1160. The summed E-state index contributed by atoms with van der Waals surface area (Å²) in [6.45, 7) is 2.09. The first-order valence-electron chi connectivity index (χ1n) is 9.96. The Hall–Kier alpha value is -2.62. The van der Waals surface area contributed by atoms with E-state index in [1.165, 1.54) is 23.2 Å². The highest BCUT2D eigenvalue weighted by Crippen LogP contribution is 2.32. The second kappa shape index (κ2) is 8.14. The van der Waals surface area contributed by atoms with E-state index in [2.05, 4.69) is 12.3 Å². The Balaban J connectivity index is 1.59. The normalized spacial score (nSPS) is 25.8. The van der Waals surface area contributed by atoms with Gasteiger partial charge in [-0.25, -0.2) is 18.6 Å². The number of primary sulfonamides is 1. The summed E-state index contributed by atoms with van der Waals surface area (Å²) in [4.78, 5) is 25.5. The number of carbonyl (C=O) groups is 2. The average molecular weight is 463 g/mol. The number of alkyl halides is 1. The Kier molecular flexibility index (Phi) is 5.67. The Morgan fingerprint density at radius 2 is 1.87 bits per heavy atom.